The molecule has 0 saturated carbocycles. The number of ether oxygens (including phenoxy) is 2. The van der Waals surface area contributed by atoms with Crippen molar-refractivity contribution in [2.45, 2.75) is 38.8 Å². The fourth-order valence-corrected chi connectivity index (χ4v) is 4.13. The lowest BCUT2D eigenvalue weighted by Gasteiger charge is -2.17. The van der Waals surface area contributed by atoms with E-state index in [2.05, 4.69) is 25.1 Å². The number of hydrogen-bond donors (Lipinski definition) is 1. The number of fused-ring (bicyclic) bond motifs is 1. The molecule has 0 saturated heterocycles. The minimum absolute atomic E-state index is 0.0426. The van der Waals surface area contributed by atoms with Crippen LogP contribution in [0.4, 0.5) is 0 Å². The van der Waals surface area contributed by atoms with Crippen LogP contribution in [0, 0.1) is 6.92 Å². The van der Waals surface area contributed by atoms with Gasteiger partial charge < -0.3 is 19.4 Å². The van der Waals surface area contributed by atoms with E-state index in [1.165, 1.54) is 0 Å². The summed E-state index contributed by atoms with van der Waals surface area (Å²) in [6.45, 7) is 2.71. The Morgan fingerprint density at radius 1 is 1.24 bits per heavy atom. The van der Waals surface area contributed by atoms with Crippen LogP contribution in [0.15, 0.2) is 23.6 Å². The zero-order valence-corrected chi connectivity index (χ0v) is 17.5. The number of thiazole rings is 1. The molecule has 3 aromatic rings. The van der Waals surface area contributed by atoms with Gasteiger partial charge in [-0.25, -0.2) is 4.98 Å². The molecule has 9 heteroatoms. The summed E-state index contributed by atoms with van der Waals surface area (Å²) in [5.41, 5.74) is 1.35. The standard InChI is InChI=1S/C20H23N5O3S/c1-12-21-16(11-29-12)19-24-23-18-7-4-13(8-9-25(18)19)22-20(26)15-6-5-14(27-2)10-17(15)28-3/h5-6,10-11,13H,4,7-9H2,1-3H3,(H,22,26). The highest BCUT2D eigenvalue weighted by Gasteiger charge is 2.24. The first-order valence-electron chi connectivity index (χ1n) is 9.46. The minimum Gasteiger partial charge on any atom is -0.497 e. The average molecular weight is 414 g/mol. The summed E-state index contributed by atoms with van der Waals surface area (Å²) in [4.78, 5) is 17.4. The van der Waals surface area contributed by atoms with E-state index in [0.717, 1.165) is 48.2 Å². The molecule has 0 bridgehead atoms. The van der Waals surface area contributed by atoms with E-state index in [-0.39, 0.29) is 11.9 Å². The third-order valence-electron chi connectivity index (χ3n) is 5.08. The molecule has 1 aromatic carbocycles. The lowest BCUT2D eigenvalue weighted by atomic mass is 10.1. The number of carbonyl (C=O) groups is 1. The Hall–Kier alpha value is -2.94. The van der Waals surface area contributed by atoms with Crippen LogP contribution < -0.4 is 14.8 Å². The van der Waals surface area contributed by atoms with Crippen LogP contribution in [0.3, 0.4) is 0 Å². The third-order valence-corrected chi connectivity index (χ3v) is 5.86. The molecule has 29 heavy (non-hydrogen) atoms. The number of aromatic nitrogens is 4. The smallest absolute Gasteiger partial charge is 0.255 e. The van der Waals surface area contributed by atoms with Gasteiger partial charge in [-0.1, -0.05) is 0 Å². The Balaban J connectivity index is 1.47. The molecular formula is C20H23N5O3S. The first-order valence-corrected chi connectivity index (χ1v) is 10.3. The fourth-order valence-electron chi connectivity index (χ4n) is 3.54. The van der Waals surface area contributed by atoms with Gasteiger partial charge in [0.1, 0.15) is 23.0 Å². The molecular weight excluding hydrogens is 390 g/mol. The lowest BCUT2D eigenvalue weighted by Crippen LogP contribution is -2.35. The van der Waals surface area contributed by atoms with E-state index in [9.17, 15) is 4.79 Å². The van der Waals surface area contributed by atoms with Crippen molar-refractivity contribution in [2.75, 3.05) is 14.2 Å². The molecule has 1 amide bonds. The quantitative estimate of drug-likeness (QED) is 0.692. The largest absolute Gasteiger partial charge is 0.497 e. The molecule has 0 radical (unpaired) electrons. The van der Waals surface area contributed by atoms with Crippen molar-refractivity contribution in [2.24, 2.45) is 0 Å². The summed E-state index contributed by atoms with van der Waals surface area (Å²) in [5.74, 6) is 2.73. The first kappa shape index (κ1) is 19.4. The molecule has 1 atom stereocenters. The van der Waals surface area contributed by atoms with Crippen molar-refractivity contribution in [3.05, 3.63) is 40.0 Å². The van der Waals surface area contributed by atoms with Gasteiger partial charge in [-0.3, -0.25) is 4.79 Å². The Morgan fingerprint density at radius 3 is 2.83 bits per heavy atom. The third kappa shape index (κ3) is 3.95. The van der Waals surface area contributed by atoms with Crippen LogP contribution in [-0.4, -0.2) is 45.9 Å². The van der Waals surface area contributed by atoms with E-state index in [4.69, 9.17) is 9.47 Å². The van der Waals surface area contributed by atoms with E-state index >= 15 is 0 Å². The summed E-state index contributed by atoms with van der Waals surface area (Å²) in [6.07, 6.45) is 2.35. The summed E-state index contributed by atoms with van der Waals surface area (Å²) >= 11 is 1.60. The summed E-state index contributed by atoms with van der Waals surface area (Å²) < 4.78 is 12.7. The molecule has 1 aliphatic heterocycles. The number of benzene rings is 1. The Bertz CT molecular complexity index is 1030. The Morgan fingerprint density at radius 2 is 2.10 bits per heavy atom. The molecule has 0 fully saturated rings. The lowest BCUT2D eigenvalue weighted by molar-refractivity contribution is 0.0930. The van der Waals surface area contributed by atoms with Gasteiger partial charge in [0.05, 0.1) is 24.8 Å². The normalized spacial score (nSPS) is 16.0. The highest BCUT2D eigenvalue weighted by Crippen LogP contribution is 2.26. The van der Waals surface area contributed by atoms with Crippen molar-refractivity contribution < 1.29 is 14.3 Å². The van der Waals surface area contributed by atoms with Gasteiger partial charge in [0.2, 0.25) is 0 Å². The van der Waals surface area contributed by atoms with Crippen LogP contribution >= 0.6 is 11.3 Å². The summed E-state index contributed by atoms with van der Waals surface area (Å²) in [7, 11) is 3.13. The zero-order chi connectivity index (χ0) is 20.4. The van der Waals surface area contributed by atoms with Gasteiger partial charge in [0.25, 0.3) is 5.91 Å². The average Bonchev–Trinajstić information content (AvgIpc) is 3.29. The van der Waals surface area contributed by atoms with Crippen LogP contribution in [0.5, 0.6) is 11.5 Å². The molecule has 1 aliphatic rings. The van der Waals surface area contributed by atoms with E-state index in [1.54, 1.807) is 43.8 Å². The van der Waals surface area contributed by atoms with Gasteiger partial charge in [-0.2, -0.15) is 0 Å². The maximum atomic E-state index is 12.8. The van der Waals surface area contributed by atoms with Gasteiger partial charge in [-0.05, 0) is 31.9 Å². The minimum atomic E-state index is -0.150. The Labute approximate surface area is 172 Å². The van der Waals surface area contributed by atoms with Crippen molar-refractivity contribution in [1.29, 1.82) is 0 Å². The molecule has 2 aromatic heterocycles. The Kier molecular flexibility index (Phi) is 5.48. The monoisotopic (exact) mass is 413 g/mol. The summed E-state index contributed by atoms with van der Waals surface area (Å²) in [6, 6.07) is 5.24. The maximum Gasteiger partial charge on any atom is 0.255 e. The van der Waals surface area contributed by atoms with Crippen LogP contribution in [-0.2, 0) is 13.0 Å². The predicted octanol–water partition coefficient (Wildman–Crippen LogP) is 2.86. The molecule has 152 valence electrons. The zero-order valence-electron chi connectivity index (χ0n) is 16.6. The molecule has 4 rings (SSSR count). The van der Waals surface area contributed by atoms with Crippen LogP contribution in [0.25, 0.3) is 11.5 Å². The second-order valence-corrected chi connectivity index (χ2v) is 7.97. The molecule has 0 aliphatic carbocycles. The number of methoxy groups -OCH3 is 2. The fraction of sp³-hybridized carbons (Fsp3) is 0.400. The topological polar surface area (TPSA) is 91.2 Å². The van der Waals surface area contributed by atoms with Crippen molar-refractivity contribution in [1.82, 2.24) is 25.1 Å². The second kappa shape index (κ2) is 8.20. The first-order chi connectivity index (χ1) is 14.1. The molecule has 1 unspecified atom stereocenters. The molecule has 1 N–H and O–H groups in total. The molecule has 8 nitrogen and oxygen atoms in total. The SMILES string of the molecule is COc1ccc(C(=O)NC2CCc3nnc(-c4csc(C)n4)n3CC2)c(OC)c1. The maximum absolute atomic E-state index is 12.8. The highest BCUT2D eigenvalue weighted by molar-refractivity contribution is 7.09. The van der Waals surface area contributed by atoms with Crippen LogP contribution in [0.2, 0.25) is 0 Å². The predicted molar refractivity (Wildman–Crippen MR) is 110 cm³/mol. The van der Waals surface area contributed by atoms with E-state index in [0.29, 0.717) is 17.1 Å². The number of nitrogens with zero attached hydrogens (tertiary/aromatic N) is 4. The van der Waals surface area contributed by atoms with Gasteiger partial charge in [0, 0.05) is 30.5 Å². The van der Waals surface area contributed by atoms with Gasteiger partial charge >= 0.3 is 0 Å². The molecule has 3 heterocycles. The van der Waals surface area contributed by atoms with Crippen molar-refractivity contribution in [3.8, 4) is 23.0 Å². The van der Waals surface area contributed by atoms with Gasteiger partial charge in [-0.15, -0.1) is 21.5 Å². The number of aryl methyl sites for hydroxylation is 2. The number of carbonyl (C=O) groups excluding carboxylic acids is 1. The van der Waals surface area contributed by atoms with Crippen molar-refractivity contribution in [3.63, 3.8) is 0 Å². The van der Waals surface area contributed by atoms with Crippen molar-refractivity contribution >= 4 is 17.2 Å². The van der Waals surface area contributed by atoms with E-state index in [1.807, 2.05) is 12.3 Å². The number of hydrogen-bond acceptors (Lipinski definition) is 7. The number of rotatable bonds is 5. The summed E-state index contributed by atoms with van der Waals surface area (Å²) in [5, 5.41) is 14.8. The van der Waals surface area contributed by atoms with E-state index < -0.39 is 0 Å². The number of nitrogens with one attached hydrogen (secondary N) is 1. The number of amides is 1. The highest BCUT2D eigenvalue weighted by atomic mass is 32.1. The van der Waals surface area contributed by atoms with Gasteiger partial charge in [0.15, 0.2) is 5.82 Å². The second-order valence-electron chi connectivity index (χ2n) is 6.91. The molecule has 0 spiro atoms. The van der Waals surface area contributed by atoms with Crippen LogP contribution in [0.1, 0.15) is 34.0 Å².